The zero-order valence-electron chi connectivity index (χ0n) is 9.67. The highest BCUT2D eigenvalue weighted by atomic mass is 35.5. The van der Waals surface area contributed by atoms with Crippen LogP contribution >= 0.6 is 23.2 Å². The summed E-state index contributed by atoms with van der Waals surface area (Å²) in [6.07, 6.45) is -5.50. The van der Waals surface area contributed by atoms with E-state index in [0.29, 0.717) is 5.56 Å². The number of alkyl halides is 3. The van der Waals surface area contributed by atoms with E-state index in [1.165, 1.54) is 23.5 Å². The highest BCUT2D eigenvalue weighted by Gasteiger charge is 2.40. The first-order chi connectivity index (χ1) is 9.11. The summed E-state index contributed by atoms with van der Waals surface area (Å²) in [6, 6.07) is 2.38. The van der Waals surface area contributed by atoms with Crippen molar-refractivity contribution in [3.05, 3.63) is 33.8 Å². The SMILES string of the molecule is O=C(O)[C@H](Cc1ccc(Cl)c(Cl)c1)NC(=O)C(F)(F)F. The minimum Gasteiger partial charge on any atom is -0.480 e. The van der Waals surface area contributed by atoms with Crippen molar-refractivity contribution in [2.45, 2.75) is 18.6 Å². The van der Waals surface area contributed by atoms with E-state index in [1.54, 1.807) is 0 Å². The molecule has 1 rings (SSSR count). The number of carboxylic acid groups (broad SMARTS) is 1. The maximum absolute atomic E-state index is 12.1. The Morgan fingerprint density at radius 3 is 2.30 bits per heavy atom. The van der Waals surface area contributed by atoms with Crippen LogP contribution in [-0.4, -0.2) is 29.2 Å². The number of hydrogen-bond acceptors (Lipinski definition) is 2. The van der Waals surface area contributed by atoms with Gasteiger partial charge < -0.3 is 10.4 Å². The average molecular weight is 330 g/mol. The van der Waals surface area contributed by atoms with E-state index in [9.17, 15) is 22.8 Å². The fraction of sp³-hybridized carbons (Fsp3) is 0.273. The van der Waals surface area contributed by atoms with Gasteiger partial charge in [-0.2, -0.15) is 13.2 Å². The summed E-state index contributed by atoms with van der Waals surface area (Å²) in [5.74, 6) is -3.90. The van der Waals surface area contributed by atoms with Gasteiger partial charge in [0.1, 0.15) is 6.04 Å². The van der Waals surface area contributed by atoms with E-state index < -0.39 is 24.1 Å². The van der Waals surface area contributed by atoms with Crippen molar-refractivity contribution in [1.82, 2.24) is 5.32 Å². The van der Waals surface area contributed by atoms with Gasteiger partial charge in [0.05, 0.1) is 10.0 Å². The number of halogens is 5. The lowest BCUT2D eigenvalue weighted by atomic mass is 10.1. The molecule has 0 bridgehead atoms. The van der Waals surface area contributed by atoms with Gasteiger partial charge in [0, 0.05) is 6.42 Å². The molecule has 1 atom stereocenters. The Morgan fingerprint density at radius 1 is 1.25 bits per heavy atom. The van der Waals surface area contributed by atoms with E-state index >= 15 is 0 Å². The van der Waals surface area contributed by atoms with Crippen LogP contribution in [0.5, 0.6) is 0 Å². The van der Waals surface area contributed by atoms with Crippen LogP contribution in [0.4, 0.5) is 13.2 Å². The van der Waals surface area contributed by atoms with Crippen molar-refractivity contribution in [3.63, 3.8) is 0 Å². The third-order valence-corrected chi connectivity index (χ3v) is 3.02. The monoisotopic (exact) mass is 329 g/mol. The maximum Gasteiger partial charge on any atom is 0.471 e. The molecule has 0 aliphatic carbocycles. The summed E-state index contributed by atoms with van der Waals surface area (Å²) in [4.78, 5) is 21.6. The van der Waals surface area contributed by atoms with Crippen LogP contribution in [0.1, 0.15) is 5.56 Å². The van der Waals surface area contributed by atoms with Crippen LogP contribution in [-0.2, 0) is 16.0 Å². The molecule has 2 N–H and O–H groups in total. The van der Waals surface area contributed by atoms with Crippen molar-refractivity contribution in [1.29, 1.82) is 0 Å². The van der Waals surface area contributed by atoms with Crippen LogP contribution in [0.25, 0.3) is 0 Å². The Kier molecular flexibility index (Phi) is 5.24. The molecule has 0 fully saturated rings. The second-order valence-corrected chi connectivity index (χ2v) is 4.63. The van der Waals surface area contributed by atoms with Crippen LogP contribution in [0.2, 0.25) is 10.0 Å². The predicted octanol–water partition coefficient (Wildman–Crippen LogP) is 2.67. The molecule has 0 aromatic heterocycles. The van der Waals surface area contributed by atoms with Crippen LogP contribution in [0.3, 0.4) is 0 Å². The zero-order chi connectivity index (χ0) is 15.5. The van der Waals surface area contributed by atoms with E-state index in [1.807, 2.05) is 0 Å². The Bertz CT molecular complexity index is 534. The molecule has 0 saturated carbocycles. The first-order valence-corrected chi connectivity index (χ1v) is 5.91. The van der Waals surface area contributed by atoms with Gasteiger partial charge in [0.25, 0.3) is 0 Å². The molecule has 4 nitrogen and oxygen atoms in total. The van der Waals surface area contributed by atoms with Crippen molar-refractivity contribution < 1.29 is 27.9 Å². The standard InChI is InChI=1S/C11H8Cl2F3NO3/c12-6-2-1-5(3-7(6)13)4-8(9(18)19)17-10(20)11(14,15)16/h1-3,8H,4H2,(H,17,20)(H,18,19)/t8-/m0/s1. The minimum atomic E-state index is -5.15. The molecule has 110 valence electrons. The lowest BCUT2D eigenvalue weighted by Crippen LogP contribution is -2.47. The minimum absolute atomic E-state index is 0.135. The summed E-state index contributed by atoms with van der Waals surface area (Å²) < 4.78 is 36.3. The van der Waals surface area contributed by atoms with E-state index in [2.05, 4.69) is 0 Å². The second kappa shape index (κ2) is 6.32. The number of rotatable bonds is 4. The summed E-state index contributed by atoms with van der Waals surface area (Å²) in [5.41, 5.74) is 0.328. The predicted molar refractivity (Wildman–Crippen MR) is 65.8 cm³/mol. The van der Waals surface area contributed by atoms with Gasteiger partial charge in [-0.25, -0.2) is 4.79 Å². The second-order valence-electron chi connectivity index (χ2n) is 3.81. The topological polar surface area (TPSA) is 66.4 Å². The van der Waals surface area contributed by atoms with E-state index in [0.717, 1.165) is 0 Å². The Labute approximate surface area is 121 Å². The van der Waals surface area contributed by atoms with Crippen LogP contribution in [0, 0.1) is 0 Å². The van der Waals surface area contributed by atoms with Gasteiger partial charge in [-0.15, -0.1) is 0 Å². The lowest BCUT2D eigenvalue weighted by Gasteiger charge is -2.16. The molecule has 0 saturated heterocycles. The van der Waals surface area contributed by atoms with Crippen LogP contribution in [0.15, 0.2) is 18.2 Å². The fourth-order valence-corrected chi connectivity index (χ4v) is 1.66. The molecule has 0 unspecified atom stereocenters. The normalized spacial score (nSPS) is 12.8. The molecule has 0 radical (unpaired) electrons. The van der Waals surface area contributed by atoms with Crippen molar-refractivity contribution in [2.24, 2.45) is 0 Å². The molecule has 0 heterocycles. The molecule has 9 heteroatoms. The molecule has 0 aliphatic rings. The number of carbonyl (C=O) groups excluding carboxylic acids is 1. The molecule has 1 aromatic carbocycles. The highest BCUT2D eigenvalue weighted by Crippen LogP contribution is 2.23. The zero-order valence-corrected chi connectivity index (χ0v) is 11.2. The maximum atomic E-state index is 12.1. The third-order valence-electron chi connectivity index (χ3n) is 2.28. The molecular weight excluding hydrogens is 322 g/mol. The third kappa shape index (κ3) is 4.57. The van der Waals surface area contributed by atoms with E-state index in [4.69, 9.17) is 28.3 Å². The smallest absolute Gasteiger partial charge is 0.471 e. The first kappa shape index (κ1) is 16.6. The van der Waals surface area contributed by atoms with Crippen LogP contribution < -0.4 is 5.32 Å². The number of carboxylic acids is 1. The molecule has 1 amide bonds. The van der Waals surface area contributed by atoms with Gasteiger partial charge in [0.15, 0.2) is 0 Å². The highest BCUT2D eigenvalue weighted by molar-refractivity contribution is 6.42. The number of benzene rings is 1. The lowest BCUT2D eigenvalue weighted by molar-refractivity contribution is -0.175. The molecular formula is C11H8Cl2F3NO3. The number of amides is 1. The van der Waals surface area contributed by atoms with Gasteiger partial charge in [0.2, 0.25) is 0 Å². The van der Waals surface area contributed by atoms with Crippen molar-refractivity contribution >= 4 is 35.1 Å². The van der Waals surface area contributed by atoms with E-state index in [-0.39, 0.29) is 16.5 Å². The summed E-state index contributed by atoms with van der Waals surface area (Å²) >= 11 is 11.4. The number of nitrogens with one attached hydrogen (secondary N) is 1. The largest absolute Gasteiger partial charge is 0.480 e. The number of aliphatic carboxylic acids is 1. The van der Waals surface area contributed by atoms with Gasteiger partial charge >= 0.3 is 18.1 Å². The molecule has 20 heavy (non-hydrogen) atoms. The fourth-order valence-electron chi connectivity index (χ4n) is 1.34. The number of carbonyl (C=O) groups is 2. The summed E-state index contributed by atoms with van der Waals surface area (Å²) in [5, 5.41) is 10.6. The van der Waals surface area contributed by atoms with Gasteiger partial charge in [-0.1, -0.05) is 29.3 Å². The molecule has 0 aliphatic heterocycles. The van der Waals surface area contributed by atoms with Crippen molar-refractivity contribution in [2.75, 3.05) is 0 Å². The Hall–Kier alpha value is -1.47. The Balaban J connectivity index is 2.85. The quantitative estimate of drug-likeness (QED) is 0.892. The average Bonchev–Trinajstić information content (AvgIpc) is 2.31. The van der Waals surface area contributed by atoms with Gasteiger partial charge in [-0.05, 0) is 17.7 Å². The van der Waals surface area contributed by atoms with Gasteiger partial charge in [-0.3, -0.25) is 4.79 Å². The molecule has 0 spiro atoms. The summed E-state index contributed by atoms with van der Waals surface area (Å²) in [6.45, 7) is 0. The first-order valence-electron chi connectivity index (χ1n) is 5.15. The Morgan fingerprint density at radius 2 is 1.85 bits per heavy atom. The molecule has 1 aromatic rings. The van der Waals surface area contributed by atoms with Crippen molar-refractivity contribution in [3.8, 4) is 0 Å². The number of hydrogen-bond donors (Lipinski definition) is 2. The summed E-state index contributed by atoms with van der Waals surface area (Å²) in [7, 11) is 0.